The second kappa shape index (κ2) is 4.81. The van der Waals surface area contributed by atoms with Crippen molar-refractivity contribution in [2.75, 3.05) is 12.8 Å². The number of thioether (sulfide) groups is 1. The zero-order chi connectivity index (χ0) is 11.4. The molecule has 1 aliphatic rings. The van der Waals surface area contributed by atoms with E-state index in [1.807, 2.05) is 7.05 Å². The third kappa shape index (κ3) is 2.34. The molecule has 84 valence electrons. The van der Waals surface area contributed by atoms with E-state index in [1.165, 1.54) is 0 Å². The normalized spacial score (nSPS) is 18.8. The lowest BCUT2D eigenvalue weighted by molar-refractivity contribution is 0.441. The van der Waals surface area contributed by atoms with Crippen molar-refractivity contribution in [3.05, 3.63) is 18.6 Å². The second-order valence-electron chi connectivity index (χ2n) is 3.94. The maximum atomic E-state index is 9.30. The molecule has 1 aliphatic carbocycles. The van der Waals surface area contributed by atoms with Gasteiger partial charge < -0.3 is 5.32 Å². The predicted molar refractivity (Wildman–Crippen MR) is 62.9 cm³/mol. The van der Waals surface area contributed by atoms with Gasteiger partial charge in [-0.2, -0.15) is 5.26 Å². The molecule has 4 nitrogen and oxygen atoms in total. The summed E-state index contributed by atoms with van der Waals surface area (Å²) in [6, 6.07) is 2.42. The standard InChI is InChI=1S/C11H14N4S/c1-13-11(7-12,9-2-3-9)8-16-10-6-14-4-5-15-10/h4-6,9,13H,2-3,8H2,1H3. The van der Waals surface area contributed by atoms with E-state index in [2.05, 4.69) is 21.4 Å². The van der Waals surface area contributed by atoms with E-state index < -0.39 is 5.54 Å². The number of nitriles is 1. The van der Waals surface area contributed by atoms with Gasteiger partial charge in [0.25, 0.3) is 0 Å². The molecule has 1 aromatic rings. The highest BCUT2D eigenvalue weighted by molar-refractivity contribution is 7.99. The fraction of sp³-hybridized carbons (Fsp3) is 0.545. The van der Waals surface area contributed by atoms with Gasteiger partial charge in [-0.1, -0.05) is 0 Å². The first-order valence-electron chi connectivity index (χ1n) is 5.30. The van der Waals surface area contributed by atoms with Crippen molar-refractivity contribution in [3.8, 4) is 6.07 Å². The molecule has 1 fully saturated rings. The molecule has 1 aromatic heterocycles. The van der Waals surface area contributed by atoms with Crippen molar-refractivity contribution in [1.82, 2.24) is 15.3 Å². The fourth-order valence-electron chi connectivity index (χ4n) is 1.70. The topological polar surface area (TPSA) is 61.6 Å². The van der Waals surface area contributed by atoms with E-state index in [0.717, 1.165) is 23.6 Å². The lowest BCUT2D eigenvalue weighted by Gasteiger charge is -2.25. The van der Waals surface area contributed by atoms with Gasteiger partial charge in [0, 0.05) is 18.1 Å². The summed E-state index contributed by atoms with van der Waals surface area (Å²) in [5.74, 6) is 1.22. The summed E-state index contributed by atoms with van der Waals surface area (Å²) in [5.41, 5.74) is -0.401. The van der Waals surface area contributed by atoms with Crippen LogP contribution < -0.4 is 5.32 Å². The molecule has 1 unspecified atom stereocenters. The van der Waals surface area contributed by atoms with E-state index in [9.17, 15) is 5.26 Å². The summed E-state index contributed by atoms with van der Waals surface area (Å²) in [6.45, 7) is 0. The first-order valence-corrected chi connectivity index (χ1v) is 6.28. The SMILES string of the molecule is CNC(C#N)(CSc1cnccn1)C1CC1. The van der Waals surface area contributed by atoms with Gasteiger partial charge in [0.1, 0.15) is 10.6 Å². The number of nitrogens with one attached hydrogen (secondary N) is 1. The van der Waals surface area contributed by atoms with Crippen LogP contribution in [0, 0.1) is 17.2 Å². The summed E-state index contributed by atoms with van der Waals surface area (Å²) in [4.78, 5) is 8.20. The van der Waals surface area contributed by atoms with E-state index in [4.69, 9.17) is 0 Å². The smallest absolute Gasteiger partial charge is 0.118 e. The van der Waals surface area contributed by atoms with E-state index in [1.54, 1.807) is 30.4 Å². The molecule has 0 saturated heterocycles. The number of nitrogens with zero attached hydrogens (tertiary/aromatic N) is 3. The first-order chi connectivity index (χ1) is 7.80. The third-order valence-electron chi connectivity index (χ3n) is 2.91. The van der Waals surface area contributed by atoms with Crippen LogP contribution in [0.3, 0.4) is 0 Å². The average molecular weight is 234 g/mol. The Kier molecular flexibility index (Phi) is 3.42. The third-order valence-corrected chi connectivity index (χ3v) is 4.01. The molecule has 0 spiro atoms. The van der Waals surface area contributed by atoms with Crippen LogP contribution in [0.15, 0.2) is 23.6 Å². The highest BCUT2D eigenvalue weighted by Gasteiger charge is 2.44. The zero-order valence-electron chi connectivity index (χ0n) is 9.18. The van der Waals surface area contributed by atoms with Crippen molar-refractivity contribution < 1.29 is 0 Å². The van der Waals surface area contributed by atoms with Crippen molar-refractivity contribution in [2.45, 2.75) is 23.4 Å². The Bertz CT molecular complexity index is 385. The Balaban J connectivity index is 2.00. The van der Waals surface area contributed by atoms with Crippen LogP contribution in [0.25, 0.3) is 0 Å². The molecule has 1 saturated carbocycles. The Morgan fingerprint density at radius 3 is 2.94 bits per heavy atom. The molecular weight excluding hydrogens is 220 g/mol. The number of rotatable bonds is 5. The minimum absolute atomic E-state index is 0.401. The van der Waals surface area contributed by atoms with Gasteiger partial charge in [0.15, 0.2) is 0 Å². The molecule has 0 radical (unpaired) electrons. The van der Waals surface area contributed by atoms with Gasteiger partial charge in [0.2, 0.25) is 0 Å². The summed E-state index contributed by atoms with van der Waals surface area (Å²) in [6.07, 6.45) is 7.35. The maximum absolute atomic E-state index is 9.30. The molecule has 1 atom stereocenters. The lowest BCUT2D eigenvalue weighted by atomic mass is 9.98. The minimum atomic E-state index is -0.401. The fourth-order valence-corrected chi connectivity index (χ4v) is 2.79. The van der Waals surface area contributed by atoms with Crippen LogP contribution in [-0.4, -0.2) is 28.3 Å². The van der Waals surface area contributed by atoms with E-state index in [0.29, 0.717) is 5.92 Å². The number of hydrogen-bond donors (Lipinski definition) is 1. The van der Waals surface area contributed by atoms with Gasteiger partial charge in [0.05, 0.1) is 12.3 Å². The van der Waals surface area contributed by atoms with Crippen LogP contribution in [0.4, 0.5) is 0 Å². The van der Waals surface area contributed by atoms with Crippen LogP contribution in [0.5, 0.6) is 0 Å². The molecule has 0 amide bonds. The first kappa shape index (κ1) is 11.4. The molecule has 0 bridgehead atoms. The van der Waals surface area contributed by atoms with Gasteiger partial charge in [-0.3, -0.25) is 4.98 Å². The number of hydrogen-bond acceptors (Lipinski definition) is 5. The predicted octanol–water partition coefficient (Wildman–Crippen LogP) is 1.46. The molecule has 0 aromatic carbocycles. The van der Waals surface area contributed by atoms with E-state index >= 15 is 0 Å². The lowest BCUT2D eigenvalue weighted by Crippen LogP contribution is -2.46. The molecule has 1 N–H and O–H groups in total. The van der Waals surface area contributed by atoms with Crippen LogP contribution >= 0.6 is 11.8 Å². The molecular formula is C11H14N4S. The van der Waals surface area contributed by atoms with Crippen molar-refractivity contribution >= 4 is 11.8 Å². The maximum Gasteiger partial charge on any atom is 0.118 e. The van der Waals surface area contributed by atoms with Crippen LogP contribution in [0.2, 0.25) is 0 Å². The highest BCUT2D eigenvalue weighted by atomic mass is 32.2. The second-order valence-corrected chi connectivity index (χ2v) is 4.94. The van der Waals surface area contributed by atoms with E-state index in [-0.39, 0.29) is 0 Å². The monoisotopic (exact) mass is 234 g/mol. The molecule has 16 heavy (non-hydrogen) atoms. The average Bonchev–Trinajstić information content (AvgIpc) is 3.17. The Hall–Kier alpha value is -1.12. The van der Waals surface area contributed by atoms with Gasteiger partial charge in [-0.05, 0) is 25.8 Å². The highest BCUT2D eigenvalue weighted by Crippen LogP contribution is 2.41. The summed E-state index contributed by atoms with van der Waals surface area (Å²) < 4.78 is 0. The van der Waals surface area contributed by atoms with Crippen molar-refractivity contribution in [2.24, 2.45) is 5.92 Å². The Morgan fingerprint density at radius 1 is 1.62 bits per heavy atom. The largest absolute Gasteiger partial charge is 0.302 e. The zero-order valence-corrected chi connectivity index (χ0v) is 10.00. The minimum Gasteiger partial charge on any atom is -0.302 e. The van der Waals surface area contributed by atoms with Crippen LogP contribution in [-0.2, 0) is 0 Å². The van der Waals surface area contributed by atoms with Gasteiger partial charge in [-0.15, -0.1) is 11.8 Å². The Morgan fingerprint density at radius 2 is 2.44 bits per heavy atom. The summed E-state index contributed by atoms with van der Waals surface area (Å²) in [7, 11) is 1.86. The van der Waals surface area contributed by atoms with Crippen LogP contribution in [0.1, 0.15) is 12.8 Å². The van der Waals surface area contributed by atoms with Gasteiger partial charge in [-0.25, -0.2) is 4.98 Å². The molecule has 1 heterocycles. The molecule has 2 rings (SSSR count). The quantitative estimate of drug-likeness (QED) is 0.781. The number of aromatic nitrogens is 2. The summed E-state index contributed by atoms with van der Waals surface area (Å²) >= 11 is 1.59. The molecule has 5 heteroatoms. The summed E-state index contributed by atoms with van der Waals surface area (Å²) in [5, 5.41) is 13.3. The van der Waals surface area contributed by atoms with Crippen molar-refractivity contribution in [1.29, 1.82) is 5.26 Å². The van der Waals surface area contributed by atoms with Gasteiger partial charge >= 0.3 is 0 Å². The Labute approximate surface area is 99.5 Å². The van der Waals surface area contributed by atoms with Crippen molar-refractivity contribution in [3.63, 3.8) is 0 Å². The molecule has 0 aliphatic heterocycles.